The highest BCUT2D eigenvalue weighted by atomic mass is 16.5. The van der Waals surface area contributed by atoms with Crippen LogP contribution in [0.25, 0.3) is 0 Å². The molecule has 0 atom stereocenters. The third-order valence-electron chi connectivity index (χ3n) is 4.44. The van der Waals surface area contributed by atoms with E-state index >= 15 is 0 Å². The van der Waals surface area contributed by atoms with Crippen LogP contribution in [0.4, 0.5) is 0 Å². The summed E-state index contributed by atoms with van der Waals surface area (Å²) in [6.45, 7) is 9.16. The van der Waals surface area contributed by atoms with Crippen LogP contribution in [0, 0.1) is 0 Å². The summed E-state index contributed by atoms with van der Waals surface area (Å²) in [4.78, 5) is 24.4. The summed E-state index contributed by atoms with van der Waals surface area (Å²) in [7, 11) is 0. The Labute approximate surface area is 167 Å². The van der Waals surface area contributed by atoms with E-state index in [4.69, 9.17) is 4.74 Å². The first kappa shape index (κ1) is 21.5. The van der Waals surface area contributed by atoms with Crippen LogP contribution in [0.2, 0.25) is 0 Å². The summed E-state index contributed by atoms with van der Waals surface area (Å²) in [5.41, 5.74) is 7.00. The van der Waals surface area contributed by atoms with Gasteiger partial charge in [0.15, 0.2) is 0 Å². The fourth-order valence-corrected chi connectivity index (χ4v) is 2.62. The molecule has 28 heavy (non-hydrogen) atoms. The Bertz CT molecular complexity index is 775. The molecule has 0 saturated carbocycles. The van der Waals surface area contributed by atoms with Crippen LogP contribution in [0.3, 0.4) is 0 Å². The van der Waals surface area contributed by atoms with Crippen molar-refractivity contribution in [2.24, 2.45) is 0 Å². The van der Waals surface area contributed by atoms with Crippen molar-refractivity contribution in [3.8, 4) is 5.75 Å². The second kappa shape index (κ2) is 9.93. The van der Waals surface area contributed by atoms with E-state index in [1.807, 2.05) is 12.1 Å². The predicted molar refractivity (Wildman–Crippen MR) is 112 cm³/mol. The monoisotopic (exact) mass is 382 g/mol. The Kier molecular flexibility index (Phi) is 7.61. The lowest BCUT2D eigenvalue weighted by Crippen LogP contribution is -2.41. The Hall–Kier alpha value is -2.82. The van der Waals surface area contributed by atoms with Gasteiger partial charge in [0.05, 0.1) is 6.61 Å². The van der Waals surface area contributed by atoms with Gasteiger partial charge in [0, 0.05) is 11.1 Å². The van der Waals surface area contributed by atoms with Crippen molar-refractivity contribution in [1.29, 1.82) is 0 Å². The first-order chi connectivity index (χ1) is 13.3. The van der Waals surface area contributed by atoms with Crippen LogP contribution < -0.4 is 15.6 Å². The lowest BCUT2D eigenvalue weighted by Gasteiger charge is -2.19. The number of hydrogen-bond donors (Lipinski definition) is 2. The van der Waals surface area contributed by atoms with Gasteiger partial charge in [-0.05, 0) is 53.8 Å². The van der Waals surface area contributed by atoms with Crippen LogP contribution in [0.1, 0.15) is 73.2 Å². The molecule has 0 bridgehead atoms. The fourth-order valence-electron chi connectivity index (χ4n) is 2.62. The predicted octanol–water partition coefficient (Wildman–Crippen LogP) is 4.63. The summed E-state index contributed by atoms with van der Waals surface area (Å²) in [5, 5.41) is 0. The van der Waals surface area contributed by atoms with Gasteiger partial charge in [0.1, 0.15) is 5.75 Å². The van der Waals surface area contributed by atoms with E-state index in [1.54, 1.807) is 36.4 Å². The number of nitrogens with one attached hydrogen (secondary N) is 2. The Morgan fingerprint density at radius 3 is 1.79 bits per heavy atom. The Morgan fingerprint density at radius 1 is 0.821 bits per heavy atom. The number of ether oxygens (including phenoxy) is 1. The summed E-state index contributed by atoms with van der Waals surface area (Å²) in [6.07, 6.45) is 3.30. The topological polar surface area (TPSA) is 67.4 Å². The summed E-state index contributed by atoms with van der Waals surface area (Å²) >= 11 is 0. The fraction of sp³-hybridized carbons (Fsp3) is 0.391. The molecular weight excluding hydrogens is 352 g/mol. The van der Waals surface area contributed by atoms with Gasteiger partial charge in [-0.25, -0.2) is 0 Å². The highest BCUT2D eigenvalue weighted by Gasteiger charge is 2.14. The van der Waals surface area contributed by atoms with Crippen molar-refractivity contribution in [3.63, 3.8) is 0 Å². The molecule has 0 aliphatic rings. The zero-order valence-electron chi connectivity index (χ0n) is 17.2. The molecule has 0 aliphatic heterocycles. The molecule has 0 unspecified atom stereocenters. The van der Waals surface area contributed by atoms with Crippen LogP contribution in [-0.4, -0.2) is 18.4 Å². The molecule has 2 aromatic carbocycles. The largest absolute Gasteiger partial charge is 0.494 e. The molecule has 0 spiro atoms. The van der Waals surface area contributed by atoms with Crippen LogP contribution in [-0.2, 0) is 5.41 Å². The molecule has 5 heteroatoms. The van der Waals surface area contributed by atoms with Crippen molar-refractivity contribution < 1.29 is 14.3 Å². The molecule has 5 nitrogen and oxygen atoms in total. The number of carbonyl (C=O) groups excluding carboxylic acids is 2. The molecule has 2 N–H and O–H groups in total. The number of hydrogen-bond acceptors (Lipinski definition) is 3. The molecule has 0 saturated heterocycles. The molecule has 0 aliphatic carbocycles. The molecule has 0 aromatic heterocycles. The average Bonchev–Trinajstić information content (AvgIpc) is 2.69. The highest BCUT2D eigenvalue weighted by molar-refractivity contribution is 5.99. The van der Waals surface area contributed by atoms with Crippen molar-refractivity contribution in [3.05, 3.63) is 65.2 Å². The quantitative estimate of drug-likeness (QED) is 0.542. The van der Waals surface area contributed by atoms with E-state index in [0.717, 1.165) is 30.6 Å². The van der Waals surface area contributed by atoms with E-state index in [-0.39, 0.29) is 17.2 Å². The van der Waals surface area contributed by atoms with Gasteiger partial charge in [0.25, 0.3) is 11.8 Å². The van der Waals surface area contributed by atoms with E-state index in [9.17, 15) is 9.59 Å². The maximum atomic E-state index is 12.2. The maximum Gasteiger partial charge on any atom is 0.269 e. The van der Waals surface area contributed by atoms with Gasteiger partial charge in [0.2, 0.25) is 0 Å². The molecule has 0 heterocycles. The van der Waals surface area contributed by atoms with E-state index in [1.165, 1.54) is 0 Å². The van der Waals surface area contributed by atoms with Gasteiger partial charge in [-0.2, -0.15) is 0 Å². The molecule has 2 amide bonds. The number of unbranched alkanes of at least 4 members (excludes halogenated alkanes) is 2. The van der Waals surface area contributed by atoms with Gasteiger partial charge in [-0.15, -0.1) is 0 Å². The minimum atomic E-state index is -0.378. The summed E-state index contributed by atoms with van der Waals surface area (Å²) in [6, 6.07) is 14.2. The van der Waals surface area contributed by atoms with E-state index in [2.05, 4.69) is 38.5 Å². The minimum absolute atomic E-state index is 0.0229. The number of benzene rings is 2. The van der Waals surface area contributed by atoms with Crippen LogP contribution >= 0.6 is 0 Å². The summed E-state index contributed by atoms with van der Waals surface area (Å²) < 4.78 is 5.63. The third kappa shape index (κ3) is 6.41. The lowest BCUT2D eigenvalue weighted by molar-refractivity contribution is 0.0846. The first-order valence-corrected chi connectivity index (χ1v) is 9.75. The number of amides is 2. The second-order valence-corrected chi connectivity index (χ2v) is 7.82. The SMILES string of the molecule is CCCCCOc1ccc(C(=O)NNC(=O)c2ccc(C(C)(C)C)cc2)cc1. The van der Waals surface area contributed by atoms with Crippen LogP contribution in [0.15, 0.2) is 48.5 Å². The smallest absolute Gasteiger partial charge is 0.269 e. The number of hydrazine groups is 1. The molecule has 2 rings (SSSR count). The first-order valence-electron chi connectivity index (χ1n) is 9.75. The molecule has 0 fully saturated rings. The second-order valence-electron chi connectivity index (χ2n) is 7.82. The highest BCUT2D eigenvalue weighted by Crippen LogP contribution is 2.22. The Morgan fingerprint density at radius 2 is 1.32 bits per heavy atom. The Balaban J connectivity index is 1.85. The van der Waals surface area contributed by atoms with E-state index in [0.29, 0.717) is 17.7 Å². The van der Waals surface area contributed by atoms with Crippen LogP contribution in [0.5, 0.6) is 5.75 Å². The van der Waals surface area contributed by atoms with Crippen molar-refractivity contribution in [2.45, 2.75) is 52.4 Å². The van der Waals surface area contributed by atoms with Gasteiger partial charge in [-0.1, -0.05) is 52.7 Å². The number of rotatable bonds is 7. The van der Waals surface area contributed by atoms with Crippen molar-refractivity contribution in [2.75, 3.05) is 6.61 Å². The van der Waals surface area contributed by atoms with E-state index < -0.39 is 0 Å². The van der Waals surface area contributed by atoms with Crippen molar-refractivity contribution in [1.82, 2.24) is 10.9 Å². The minimum Gasteiger partial charge on any atom is -0.494 e. The molecule has 0 radical (unpaired) electrons. The van der Waals surface area contributed by atoms with Crippen molar-refractivity contribution >= 4 is 11.8 Å². The average molecular weight is 383 g/mol. The lowest BCUT2D eigenvalue weighted by atomic mass is 9.87. The molecule has 2 aromatic rings. The third-order valence-corrected chi connectivity index (χ3v) is 4.44. The number of carbonyl (C=O) groups is 2. The standard InChI is InChI=1S/C23H30N2O3/c1-5-6-7-16-28-20-14-10-18(11-15-20)22(27)25-24-21(26)17-8-12-19(13-9-17)23(2,3)4/h8-15H,5-7,16H2,1-4H3,(H,24,26)(H,25,27). The maximum absolute atomic E-state index is 12.2. The van der Waals surface area contributed by atoms with Gasteiger partial charge in [-0.3, -0.25) is 20.4 Å². The molecule has 150 valence electrons. The normalized spacial score (nSPS) is 11.0. The zero-order valence-corrected chi connectivity index (χ0v) is 17.2. The van der Waals surface area contributed by atoms with Gasteiger partial charge < -0.3 is 4.74 Å². The van der Waals surface area contributed by atoms with Gasteiger partial charge >= 0.3 is 0 Å². The summed E-state index contributed by atoms with van der Waals surface area (Å²) in [5.74, 6) is -0.00231. The molecular formula is C23H30N2O3. The zero-order chi connectivity index (χ0) is 20.6.